The molecule has 2 amide bonds. The smallest absolute Gasteiger partial charge is 0.309 e. The Hall–Kier alpha value is -2.78. The highest BCUT2D eigenvalue weighted by Crippen LogP contribution is 2.31. The largest absolute Gasteiger partial charge is 0.348 e. The van der Waals surface area contributed by atoms with Gasteiger partial charge in [0, 0.05) is 25.3 Å². The average Bonchev–Trinajstić information content (AvgIpc) is 2.77. The van der Waals surface area contributed by atoms with Gasteiger partial charge in [-0.15, -0.1) is 0 Å². The Labute approximate surface area is 195 Å². The molecule has 1 atom stereocenters. The van der Waals surface area contributed by atoms with Gasteiger partial charge in [0.05, 0.1) is 17.1 Å². The minimum atomic E-state index is -3.66. The summed E-state index contributed by atoms with van der Waals surface area (Å²) in [4.78, 5) is 28.7. The number of nitrogens with one attached hydrogen (secondary N) is 2. The second-order valence-corrected chi connectivity index (χ2v) is 10.4. The normalized spacial score (nSPS) is 16.9. The number of hydrogen-bond donors (Lipinski definition) is 2. The zero-order chi connectivity index (χ0) is 24.0. The number of aromatic nitrogens is 1. The summed E-state index contributed by atoms with van der Waals surface area (Å²) in [6.45, 7) is 6.45. The highest BCUT2D eigenvalue weighted by molar-refractivity contribution is 7.89. The summed E-state index contributed by atoms with van der Waals surface area (Å²) in [7, 11) is -3.66. The zero-order valence-electron chi connectivity index (χ0n) is 19.4. The Kier molecular flexibility index (Phi) is 8.20. The Balaban J connectivity index is 1.59. The highest BCUT2D eigenvalue weighted by atomic mass is 32.2. The molecular formula is C24H32N4O4S. The monoisotopic (exact) mass is 472 g/mol. The van der Waals surface area contributed by atoms with Crippen molar-refractivity contribution in [2.75, 3.05) is 13.1 Å². The van der Waals surface area contributed by atoms with Crippen LogP contribution in [0, 0.1) is 20.8 Å². The first-order valence-corrected chi connectivity index (χ1v) is 12.7. The van der Waals surface area contributed by atoms with E-state index in [0.717, 1.165) is 36.0 Å². The van der Waals surface area contributed by atoms with Crippen LogP contribution in [-0.2, 0) is 26.2 Å². The van der Waals surface area contributed by atoms with Crippen molar-refractivity contribution in [1.82, 2.24) is 19.9 Å². The molecule has 3 rings (SSSR count). The van der Waals surface area contributed by atoms with Crippen molar-refractivity contribution in [3.05, 3.63) is 58.9 Å². The van der Waals surface area contributed by atoms with Crippen molar-refractivity contribution >= 4 is 21.8 Å². The molecule has 0 spiro atoms. The molecular weight excluding hydrogens is 440 g/mol. The van der Waals surface area contributed by atoms with Crippen molar-refractivity contribution < 1.29 is 18.0 Å². The van der Waals surface area contributed by atoms with Gasteiger partial charge in [-0.05, 0) is 63.3 Å². The molecule has 0 unspecified atom stereocenters. The first-order chi connectivity index (χ1) is 15.7. The van der Waals surface area contributed by atoms with Gasteiger partial charge in [0.25, 0.3) is 0 Å². The van der Waals surface area contributed by atoms with Crippen LogP contribution in [0.5, 0.6) is 0 Å². The molecule has 1 fully saturated rings. The summed E-state index contributed by atoms with van der Waals surface area (Å²) in [5.41, 5.74) is 3.18. The topological polar surface area (TPSA) is 108 Å². The zero-order valence-corrected chi connectivity index (χ0v) is 20.2. The molecule has 2 N–H and O–H groups in total. The van der Waals surface area contributed by atoms with E-state index in [9.17, 15) is 18.0 Å². The van der Waals surface area contributed by atoms with Gasteiger partial charge in [-0.1, -0.05) is 30.2 Å². The van der Waals surface area contributed by atoms with Crippen LogP contribution in [0.15, 0.2) is 41.4 Å². The lowest BCUT2D eigenvalue weighted by Gasteiger charge is -2.35. The van der Waals surface area contributed by atoms with E-state index in [-0.39, 0.29) is 19.1 Å². The third kappa shape index (κ3) is 6.17. The van der Waals surface area contributed by atoms with Crippen LogP contribution in [0.25, 0.3) is 0 Å². The molecule has 0 radical (unpaired) electrons. The van der Waals surface area contributed by atoms with E-state index in [0.29, 0.717) is 23.6 Å². The Morgan fingerprint density at radius 2 is 1.76 bits per heavy atom. The number of benzene rings is 1. The number of nitrogens with zero attached hydrogens (tertiary/aromatic N) is 2. The summed E-state index contributed by atoms with van der Waals surface area (Å²) in [6, 6.07) is 8.89. The van der Waals surface area contributed by atoms with Crippen molar-refractivity contribution in [1.29, 1.82) is 0 Å². The molecule has 178 valence electrons. The Bertz CT molecular complexity index is 1080. The maximum Gasteiger partial charge on any atom is 0.309 e. The quantitative estimate of drug-likeness (QED) is 0.602. The number of amides is 2. The van der Waals surface area contributed by atoms with Gasteiger partial charge >= 0.3 is 11.8 Å². The third-order valence-electron chi connectivity index (χ3n) is 5.87. The molecule has 2 heterocycles. The van der Waals surface area contributed by atoms with Crippen LogP contribution < -0.4 is 10.6 Å². The number of pyridine rings is 1. The third-order valence-corrected chi connectivity index (χ3v) is 8.13. The summed E-state index contributed by atoms with van der Waals surface area (Å²) in [6.07, 6.45) is 4.53. The van der Waals surface area contributed by atoms with E-state index >= 15 is 0 Å². The number of aryl methyl sites for hydroxylation is 3. The van der Waals surface area contributed by atoms with Gasteiger partial charge in [0.1, 0.15) is 0 Å². The molecule has 1 saturated heterocycles. The fourth-order valence-corrected chi connectivity index (χ4v) is 6.60. The molecule has 1 aliphatic rings. The lowest BCUT2D eigenvalue weighted by molar-refractivity contribution is -0.139. The van der Waals surface area contributed by atoms with Crippen LogP contribution in [0.3, 0.4) is 0 Å². The van der Waals surface area contributed by atoms with Gasteiger partial charge in [-0.2, -0.15) is 4.31 Å². The molecule has 2 aromatic rings. The summed E-state index contributed by atoms with van der Waals surface area (Å²) < 4.78 is 28.7. The number of carbonyl (C=O) groups excluding carboxylic acids is 2. The summed E-state index contributed by atoms with van der Waals surface area (Å²) in [5.74, 6) is -1.47. The molecule has 33 heavy (non-hydrogen) atoms. The van der Waals surface area contributed by atoms with E-state index in [1.165, 1.54) is 0 Å². The van der Waals surface area contributed by atoms with Gasteiger partial charge in [0.15, 0.2) is 0 Å². The van der Waals surface area contributed by atoms with Crippen molar-refractivity contribution in [3.63, 3.8) is 0 Å². The van der Waals surface area contributed by atoms with Crippen LogP contribution >= 0.6 is 0 Å². The molecule has 0 bridgehead atoms. The number of carbonyl (C=O) groups is 2. The van der Waals surface area contributed by atoms with E-state index in [1.807, 2.05) is 32.9 Å². The van der Waals surface area contributed by atoms with Crippen LogP contribution in [0.1, 0.15) is 48.1 Å². The SMILES string of the molecule is Cc1cc(C)c(S(=O)(=O)N2CCCC[C@@H]2CCNC(=O)C(=O)NCc2ccccn2)c(C)c1. The lowest BCUT2D eigenvalue weighted by Crippen LogP contribution is -2.46. The molecule has 1 aromatic heterocycles. The molecule has 9 heteroatoms. The second kappa shape index (κ2) is 10.9. The molecule has 1 aromatic carbocycles. The van der Waals surface area contributed by atoms with Gasteiger partial charge in [-0.3, -0.25) is 14.6 Å². The van der Waals surface area contributed by atoms with Crippen LogP contribution in [0.2, 0.25) is 0 Å². The van der Waals surface area contributed by atoms with E-state index < -0.39 is 21.8 Å². The first kappa shape index (κ1) is 24.9. The molecule has 0 saturated carbocycles. The number of rotatable bonds is 7. The van der Waals surface area contributed by atoms with Gasteiger partial charge < -0.3 is 10.6 Å². The summed E-state index contributed by atoms with van der Waals surface area (Å²) >= 11 is 0. The standard InChI is InChI=1S/C24H32N4O4S/c1-17-14-18(2)22(19(3)15-17)33(31,32)28-13-7-5-9-21(28)10-12-26-23(29)24(30)27-16-20-8-4-6-11-25-20/h4,6,8,11,14-15,21H,5,7,9-10,12-13,16H2,1-3H3,(H,26,29)(H,27,30)/t21-/m1/s1. The maximum atomic E-state index is 13.5. The van der Waals surface area contributed by atoms with Crippen LogP contribution in [-0.4, -0.2) is 48.7 Å². The Morgan fingerprint density at radius 1 is 1.06 bits per heavy atom. The molecule has 8 nitrogen and oxygen atoms in total. The molecule has 1 aliphatic heterocycles. The van der Waals surface area contributed by atoms with Crippen LogP contribution in [0.4, 0.5) is 0 Å². The maximum absolute atomic E-state index is 13.5. The fraction of sp³-hybridized carbons (Fsp3) is 0.458. The van der Waals surface area contributed by atoms with E-state index in [1.54, 1.807) is 28.7 Å². The second-order valence-electron chi connectivity index (χ2n) is 8.54. The predicted molar refractivity (Wildman–Crippen MR) is 126 cm³/mol. The number of sulfonamides is 1. The van der Waals surface area contributed by atoms with Crippen molar-refractivity contribution in [3.8, 4) is 0 Å². The van der Waals surface area contributed by atoms with Gasteiger partial charge in [-0.25, -0.2) is 8.42 Å². The molecule has 0 aliphatic carbocycles. The van der Waals surface area contributed by atoms with E-state index in [2.05, 4.69) is 15.6 Å². The lowest BCUT2D eigenvalue weighted by atomic mass is 10.0. The minimum Gasteiger partial charge on any atom is -0.348 e. The first-order valence-electron chi connectivity index (χ1n) is 11.3. The minimum absolute atomic E-state index is 0.164. The van der Waals surface area contributed by atoms with Crippen molar-refractivity contribution in [2.45, 2.75) is 63.9 Å². The van der Waals surface area contributed by atoms with Gasteiger partial charge in [0.2, 0.25) is 10.0 Å². The van der Waals surface area contributed by atoms with E-state index in [4.69, 9.17) is 0 Å². The Morgan fingerprint density at radius 3 is 2.42 bits per heavy atom. The average molecular weight is 473 g/mol. The predicted octanol–water partition coefficient (Wildman–Crippen LogP) is 2.37. The van der Waals surface area contributed by atoms with Crippen molar-refractivity contribution in [2.24, 2.45) is 0 Å². The number of hydrogen-bond acceptors (Lipinski definition) is 5. The number of piperidine rings is 1. The summed E-state index contributed by atoms with van der Waals surface area (Å²) in [5, 5.41) is 5.15. The highest BCUT2D eigenvalue weighted by Gasteiger charge is 2.35. The fourth-order valence-electron chi connectivity index (χ4n) is 4.46.